The van der Waals surface area contributed by atoms with Gasteiger partial charge in [-0.25, -0.2) is 9.97 Å². The summed E-state index contributed by atoms with van der Waals surface area (Å²) in [5.41, 5.74) is 4.98. The third-order valence-corrected chi connectivity index (χ3v) is 2.94. The normalized spacial score (nSPS) is 12.4. The first kappa shape index (κ1) is 23.4. The SMILES string of the molecule is CC(C)(C)[NH3+].CC(NC(=O)c1ccncn1)c1ccc(OCC(F)(F)F)cc1. The number of nitrogens with zero attached hydrogens (tertiary/aromatic N) is 2. The highest BCUT2D eigenvalue weighted by Crippen LogP contribution is 2.21. The summed E-state index contributed by atoms with van der Waals surface area (Å²) in [6.07, 6.45) is -1.65. The molecule has 2 rings (SSSR count). The van der Waals surface area contributed by atoms with Crippen LogP contribution in [-0.2, 0) is 0 Å². The Hall–Kier alpha value is -2.68. The summed E-state index contributed by atoms with van der Waals surface area (Å²) in [7, 11) is 0. The Kier molecular flexibility index (Phi) is 8.36. The smallest absolute Gasteiger partial charge is 0.422 e. The first-order chi connectivity index (χ1) is 12.8. The first-order valence-electron chi connectivity index (χ1n) is 8.57. The summed E-state index contributed by atoms with van der Waals surface area (Å²) >= 11 is 0. The molecule has 0 aliphatic heterocycles. The molecule has 2 aromatic rings. The maximum absolute atomic E-state index is 12.1. The van der Waals surface area contributed by atoms with Crippen molar-refractivity contribution in [2.24, 2.45) is 0 Å². The van der Waals surface area contributed by atoms with Crippen molar-refractivity contribution in [2.45, 2.75) is 45.5 Å². The number of amides is 1. The largest absolute Gasteiger partial charge is 0.484 e. The molecule has 6 nitrogen and oxygen atoms in total. The molecule has 1 aromatic heterocycles. The maximum Gasteiger partial charge on any atom is 0.422 e. The fourth-order valence-electron chi connectivity index (χ4n) is 1.80. The summed E-state index contributed by atoms with van der Waals surface area (Å²) in [6, 6.07) is 7.18. The van der Waals surface area contributed by atoms with Gasteiger partial charge >= 0.3 is 6.18 Å². The fourth-order valence-corrected chi connectivity index (χ4v) is 1.80. The highest BCUT2D eigenvalue weighted by molar-refractivity contribution is 5.92. The standard InChI is InChI=1S/C15H14F3N3O2.C4H11N/c1-10(21-14(22)13-6-7-19-9-20-13)11-2-4-12(5-3-11)23-8-15(16,17)18;1-4(2,3)5/h2-7,9-10H,8H2,1H3,(H,21,22);5H2,1-3H3/p+1. The number of carbonyl (C=O) groups excluding carboxylic acids is 1. The van der Waals surface area contributed by atoms with Crippen molar-refractivity contribution in [3.05, 3.63) is 54.1 Å². The molecular weight excluding hydrogens is 373 g/mol. The van der Waals surface area contributed by atoms with Crippen molar-refractivity contribution in [3.63, 3.8) is 0 Å². The minimum absolute atomic E-state index is 0.111. The molecule has 0 aliphatic carbocycles. The summed E-state index contributed by atoms with van der Waals surface area (Å²) in [6.45, 7) is 6.64. The van der Waals surface area contributed by atoms with Gasteiger partial charge in [-0.3, -0.25) is 4.79 Å². The summed E-state index contributed by atoms with van der Waals surface area (Å²) in [5, 5.41) is 2.74. The Balaban J connectivity index is 0.000000696. The van der Waals surface area contributed by atoms with E-state index in [9.17, 15) is 18.0 Å². The Labute approximate surface area is 162 Å². The Bertz CT molecular complexity index is 724. The number of rotatable bonds is 5. The van der Waals surface area contributed by atoms with Gasteiger partial charge in [0.2, 0.25) is 0 Å². The molecule has 9 heteroatoms. The van der Waals surface area contributed by atoms with Crippen molar-refractivity contribution in [1.29, 1.82) is 0 Å². The molecule has 1 unspecified atom stereocenters. The van der Waals surface area contributed by atoms with Crippen LogP contribution in [0.15, 0.2) is 42.9 Å². The number of carbonyl (C=O) groups is 1. The Morgan fingerprint density at radius 1 is 1.18 bits per heavy atom. The van der Waals surface area contributed by atoms with E-state index >= 15 is 0 Å². The van der Waals surface area contributed by atoms with Gasteiger partial charge in [-0.2, -0.15) is 13.2 Å². The van der Waals surface area contributed by atoms with Gasteiger partial charge in [0, 0.05) is 6.20 Å². The van der Waals surface area contributed by atoms with Crippen LogP contribution in [0.2, 0.25) is 0 Å². The second-order valence-electron chi connectivity index (χ2n) is 7.32. The van der Waals surface area contributed by atoms with Crippen molar-refractivity contribution < 1.29 is 28.4 Å². The molecule has 28 heavy (non-hydrogen) atoms. The molecule has 0 spiro atoms. The van der Waals surface area contributed by atoms with Gasteiger partial charge in [0.15, 0.2) is 6.61 Å². The highest BCUT2D eigenvalue weighted by atomic mass is 19.4. The lowest BCUT2D eigenvalue weighted by Crippen LogP contribution is -2.67. The molecule has 1 atom stereocenters. The molecule has 1 amide bonds. The average molecular weight is 399 g/mol. The van der Waals surface area contributed by atoms with E-state index in [0.717, 1.165) is 5.56 Å². The molecular formula is C19H26F3N4O2+. The van der Waals surface area contributed by atoms with Crippen LogP contribution in [0.5, 0.6) is 5.75 Å². The van der Waals surface area contributed by atoms with Crippen molar-refractivity contribution >= 4 is 5.91 Å². The van der Waals surface area contributed by atoms with Gasteiger partial charge in [0.05, 0.1) is 11.6 Å². The fraction of sp³-hybridized carbons (Fsp3) is 0.421. The zero-order valence-electron chi connectivity index (χ0n) is 16.4. The minimum Gasteiger partial charge on any atom is -0.484 e. The van der Waals surface area contributed by atoms with E-state index in [0.29, 0.717) is 0 Å². The summed E-state index contributed by atoms with van der Waals surface area (Å²) in [5.74, 6) is -0.252. The molecule has 0 saturated carbocycles. The number of alkyl halides is 3. The third kappa shape index (κ3) is 10.5. The molecule has 154 valence electrons. The summed E-state index contributed by atoms with van der Waals surface area (Å²) in [4.78, 5) is 19.5. The lowest BCUT2D eigenvalue weighted by molar-refractivity contribution is -0.458. The molecule has 0 bridgehead atoms. The quantitative estimate of drug-likeness (QED) is 0.809. The highest BCUT2D eigenvalue weighted by Gasteiger charge is 2.28. The van der Waals surface area contributed by atoms with E-state index in [4.69, 9.17) is 0 Å². The van der Waals surface area contributed by atoms with E-state index in [1.807, 2.05) is 0 Å². The topological polar surface area (TPSA) is 91.8 Å². The van der Waals surface area contributed by atoms with Crippen LogP contribution in [-0.4, -0.2) is 34.2 Å². The predicted molar refractivity (Wildman–Crippen MR) is 98.5 cm³/mol. The van der Waals surface area contributed by atoms with E-state index in [1.54, 1.807) is 19.1 Å². The molecule has 1 heterocycles. The molecule has 0 saturated heterocycles. The van der Waals surface area contributed by atoms with Crippen LogP contribution in [0, 0.1) is 0 Å². The van der Waals surface area contributed by atoms with E-state index < -0.39 is 12.8 Å². The zero-order valence-corrected chi connectivity index (χ0v) is 16.4. The second-order valence-corrected chi connectivity index (χ2v) is 7.32. The van der Waals surface area contributed by atoms with Crippen molar-refractivity contribution in [1.82, 2.24) is 15.3 Å². The number of hydrogen-bond donors (Lipinski definition) is 2. The van der Waals surface area contributed by atoms with Gasteiger partial charge in [0.1, 0.15) is 17.8 Å². The summed E-state index contributed by atoms with van der Waals surface area (Å²) < 4.78 is 40.8. The van der Waals surface area contributed by atoms with Crippen molar-refractivity contribution in [3.8, 4) is 5.75 Å². The predicted octanol–water partition coefficient (Wildman–Crippen LogP) is 2.94. The van der Waals surface area contributed by atoms with Crippen molar-refractivity contribution in [2.75, 3.05) is 6.61 Å². The number of quaternary nitrogens is 1. The van der Waals surface area contributed by atoms with E-state index in [-0.39, 0.29) is 28.9 Å². The number of nitrogens with one attached hydrogen (secondary N) is 1. The van der Waals surface area contributed by atoms with E-state index in [1.165, 1.54) is 30.7 Å². The molecule has 1 aromatic carbocycles. The number of halogens is 3. The van der Waals surface area contributed by atoms with Crippen LogP contribution >= 0.6 is 0 Å². The molecule has 0 fully saturated rings. The van der Waals surface area contributed by atoms with E-state index in [2.05, 4.69) is 46.5 Å². The zero-order chi connectivity index (χ0) is 21.4. The number of hydrogen-bond acceptors (Lipinski definition) is 4. The van der Waals surface area contributed by atoms with Crippen LogP contribution in [0.25, 0.3) is 0 Å². The lowest BCUT2D eigenvalue weighted by atomic mass is 10.1. The molecule has 0 aliphatic rings. The average Bonchev–Trinajstić information content (AvgIpc) is 2.59. The van der Waals surface area contributed by atoms with Crippen LogP contribution < -0.4 is 15.8 Å². The van der Waals surface area contributed by atoms with Gasteiger partial charge in [0.25, 0.3) is 5.91 Å². The lowest BCUT2D eigenvalue weighted by Gasteiger charge is -2.15. The molecule has 0 radical (unpaired) electrons. The Morgan fingerprint density at radius 2 is 1.75 bits per heavy atom. The third-order valence-electron chi connectivity index (χ3n) is 2.94. The van der Waals surface area contributed by atoms with Crippen LogP contribution in [0.1, 0.15) is 49.8 Å². The van der Waals surface area contributed by atoms with Crippen LogP contribution in [0.4, 0.5) is 13.2 Å². The van der Waals surface area contributed by atoms with Gasteiger partial charge in [-0.1, -0.05) is 12.1 Å². The van der Waals surface area contributed by atoms with Gasteiger partial charge < -0.3 is 15.8 Å². The van der Waals surface area contributed by atoms with Crippen LogP contribution in [0.3, 0.4) is 0 Å². The molecule has 4 N–H and O–H groups in total. The minimum atomic E-state index is -4.38. The first-order valence-corrected chi connectivity index (χ1v) is 8.57. The number of aromatic nitrogens is 2. The second kappa shape index (κ2) is 10.0. The monoisotopic (exact) mass is 399 g/mol. The number of benzene rings is 1. The van der Waals surface area contributed by atoms with Gasteiger partial charge in [-0.15, -0.1) is 0 Å². The van der Waals surface area contributed by atoms with Gasteiger partial charge in [-0.05, 0) is 51.5 Å². The number of ether oxygens (including phenoxy) is 1. The Morgan fingerprint density at radius 3 is 2.21 bits per heavy atom. The maximum atomic E-state index is 12.1.